The molecule has 10 heteroatoms. The number of nitrogens with zero attached hydrogens (tertiary/aromatic N) is 1. The van der Waals surface area contributed by atoms with Gasteiger partial charge in [-0.1, -0.05) is 51.8 Å². The SMILES string of the molecule is COc1cccc(C(=O)Oc2ccc(Br)cc2C=NNC(=O)c2[nH]c3ccc(OC)cc3c2-c2ccccc2Cl)c1. The zero-order chi connectivity index (χ0) is 28.9. The van der Waals surface area contributed by atoms with Crippen molar-refractivity contribution in [1.29, 1.82) is 0 Å². The largest absolute Gasteiger partial charge is 0.497 e. The van der Waals surface area contributed by atoms with E-state index < -0.39 is 11.9 Å². The van der Waals surface area contributed by atoms with E-state index in [-0.39, 0.29) is 11.4 Å². The molecule has 0 aliphatic carbocycles. The molecule has 0 radical (unpaired) electrons. The maximum absolute atomic E-state index is 13.4. The van der Waals surface area contributed by atoms with Crippen LogP contribution in [0.15, 0.2) is 94.5 Å². The number of aromatic amines is 1. The molecule has 1 aromatic heterocycles. The van der Waals surface area contributed by atoms with Gasteiger partial charge in [-0.15, -0.1) is 0 Å². The van der Waals surface area contributed by atoms with E-state index in [0.29, 0.717) is 38.8 Å². The lowest BCUT2D eigenvalue weighted by Gasteiger charge is -2.09. The molecule has 0 atom stereocenters. The molecule has 0 saturated heterocycles. The first kappa shape index (κ1) is 27.9. The van der Waals surface area contributed by atoms with Crippen LogP contribution < -0.4 is 19.6 Å². The molecule has 5 rings (SSSR count). The molecule has 2 N–H and O–H groups in total. The van der Waals surface area contributed by atoms with Crippen LogP contribution in [0.4, 0.5) is 0 Å². The number of methoxy groups -OCH3 is 2. The lowest BCUT2D eigenvalue weighted by Crippen LogP contribution is -2.19. The lowest BCUT2D eigenvalue weighted by molar-refractivity contribution is 0.0733. The molecule has 0 fully saturated rings. The summed E-state index contributed by atoms with van der Waals surface area (Å²) in [5.41, 5.74) is 5.66. The molecule has 0 aliphatic heterocycles. The summed E-state index contributed by atoms with van der Waals surface area (Å²) in [7, 11) is 3.10. The summed E-state index contributed by atoms with van der Waals surface area (Å²) in [5.74, 6) is 0.374. The van der Waals surface area contributed by atoms with E-state index >= 15 is 0 Å². The molecule has 0 aliphatic rings. The average molecular weight is 633 g/mol. The molecule has 1 amide bonds. The van der Waals surface area contributed by atoms with Gasteiger partial charge in [0.15, 0.2) is 0 Å². The topological polar surface area (TPSA) is 102 Å². The number of hydrogen-bond acceptors (Lipinski definition) is 6. The van der Waals surface area contributed by atoms with Crippen molar-refractivity contribution in [2.75, 3.05) is 14.2 Å². The summed E-state index contributed by atoms with van der Waals surface area (Å²) in [6.07, 6.45) is 1.40. The molecule has 5 aromatic rings. The molecule has 0 bridgehead atoms. The van der Waals surface area contributed by atoms with Crippen LogP contribution in [0.25, 0.3) is 22.0 Å². The first-order valence-corrected chi connectivity index (χ1v) is 13.5. The monoisotopic (exact) mass is 631 g/mol. The highest BCUT2D eigenvalue weighted by atomic mass is 79.9. The number of esters is 1. The van der Waals surface area contributed by atoms with Crippen molar-refractivity contribution in [2.24, 2.45) is 5.10 Å². The lowest BCUT2D eigenvalue weighted by atomic mass is 10.0. The van der Waals surface area contributed by atoms with Crippen LogP contribution in [0.5, 0.6) is 17.2 Å². The predicted molar refractivity (Wildman–Crippen MR) is 162 cm³/mol. The quantitative estimate of drug-likeness (QED) is 0.0812. The Balaban J connectivity index is 1.43. The standard InChI is InChI=1S/C31H23BrClN3O5/c1-39-21-7-5-6-18(15-21)31(38)41-27-13-10-20(32)14-19(27)17-34-36-30(37)29-28(23-8-3-4-9-25(23)33)24-16-22(40-2)11-12-26(24)35-29/h3-17,35H,1-2H3,(H,36,37). The number of rotatable bonds is 8. The zero-order valence-corrected chi connectivity index (χ0v) is 24.2. The number of hydrazone groups is 1. The number of benzene rings is 4. The molecule has 1 heterocycles. The second-order valence-electron chi connectivity index (χ2n) is 8.77. The molecule has 206 valence electrons. The second-order valence-corrected chi connectivity index (χ2v) is 10.1. The van der Waals surface area contributed by atoms with Crippen LogP contribution in [-0.2, 0) is 0 Å². The highest BCUT2D eigenvalue weighted by molar-refractivity contribution is 9.10. The molecule has 4 aromatic carbocycles. The van der Waals surface area contributed by atoms with E-state index in [1.54, 1.807) is 61.7 Å². The van der Waals surface area contributed by atoms with Gasteiger partial charge in [-0.05, 0) is 60.7 Å². The Labute approximate surface area is 249 Å². The predicted octanol–water partition coefficient (Wildman–Crippen LogP) is 7.25. The van der Waals surface area contributed by atoms with Gasteiger partial charge in [0.2, 0.25) is 0 Å². The van der Waals surface area contributed by atoms with Gasteiger partial charge < -0.3 is 19.2 Å². The van der Waals surface area contributed by atoms with Crippen molar-refractivity contribution in [1.82, 2.24) is 10.4 Å². The van der Waals surface area contributed by atoms with Crippen LogP contribution in [0, 0.1) is 0 Å². The number of hydrogen-bond donors (Lipinski definition) is 2. The third-order valence-electron chi connectivity index (χ3n) is 6.23. The van der Waals surface area contributed by atoms with Crippen LogP contribution in [0.1, 0.15) is 26.4 Å². The number of fused-ring (bicyclic) bond motifs is 1. The number of halogens is 2. The van der Waals surface area contributed by atoms with Gasteiger partial charge in [-0.25, -0.2) is 10.2 Å². The van der Waals surface area contributed by atoms with E-state index in [1.807, 2.05) is 30.3 Å². The highest BCUT2D eigenvalue weighted by Crippen LogP contribution is 2.38. The first-order valence-electron chi connectivity index (χ1n) is 12.3. The van der Waals surface area contributed by atoms with Crippen molar-refractivity contribution in [3.8, 4) is 28.4 Å². The molecule has 0 unspecified atom stereocenters. The van der Waals surface area contributed by atoms with Gasteiger partial charge in [-0.3, -0.25) is 4.79 Å². The number of H-pyrrole nitrogens is 1. The fourth-order valence-corrected chi connectivity index (χ4v) is 4.86. The summed E-state index contributed by atoms with van der Waals surface area (Å²) in [6.45, 7) is 0. The number of ether oxygens (including phenoxy) is 3. The van der Waals surface area contributed by atoms with Crippen LogP contribution in [0.2, 0.25) is 5.02 Å². The molecular formula is C31H23BrClN3O5. The maximum Gasteiger partial charge on any atom is 0.343 e. The Bertz CT molecular complexity index is 1800. The summed E-state index contributed by atoms with van der Waals surface area (Å²) in [5, 5.41) is 5.41. The normalized spacial score (nSPS) is 11.0. The Morgan fingerprint density at radius 3 is 2.49 bits per heavy atom. The molecule has 41 heavy (non-hydrogen) atoms. The summed E-state index contributed by atoms with van der Waals surface area (Å²) < 4.78 is 16.9. The fraction of sp³-hybridized carbons (Fsp3) is 0.0645. The fourth-order valence-electron chi connectivity index (χ4n) is 4.25. The Kier molecular flexibility index (Phi) is 8.37. The minimum Gasteiger partial charge on any atom is -0.497 e. The number of aromatic nitrogens is 1. The zero-order valence-electron chi connectivity index (χ0n) is 21.9. The smallest absolute Gasteiger partial charge is 0.343 e. The van der Waals surface area contributed by atoms with Gasteiger partial charge in [0, 0.05) is 37.1 Å². The number of amides is 1. The summed E-state index contributed by atoms with van der Waals surface area (Å²) in [4.78, 5) is 29.4. The van der Waals surface area contributed by atoms with Crippen molar-refractivity contribution in [3.63, 3.8) is 0 Å². The van der Waals surface area contributed by atoms with E-state index in [1.165, 1.54) is 13.3 Å². The highest BCUT2D eigenvalue weighted by Gasteiger charge is 2.21. The first-order chi connectivity index (χ1) is 19.9. The van der Waals surface area contributed by atoms with Crippen molar-refractivity contribution in [2.45, 2.75) is 0 Å². The van der Waals surface area contributed by atoms with Crippen LogP contribution >= 0.6 is 27.5 Å². The van der Waals surface area contributed by atoms with E-state index in [2.05, 4.69) is 31.4 Å². The second kappa shape index (κ2) is 12.3. The number of nitrogens with one attached hydrogen (secondary N) is 2. The van der Waals surface area contributed by atoms with Gasteiger partial charge in [0.1, 0.15) is 22.9 Å². The molecular weight excluding hydrogens is 610 g/mol. The third-order valence-corrected chi connectivity index (χ3v) is 7.05. The van der Waals surface area contributed by atoms with Crippen molar-refractivity contribution < 1.29 is 23.8 Å². The van der Waals surface area contributed by atoms with Crippen molar-refractivity contribution in [3.05, 3.63) is 111 Å². The van der Waals surface area contributed by atoms with Gasteiger partial charge in [-0.2, -0.15) is 5.10 Å². The third kappa shape index (κ3) is 6.11. The van der Waals surface area contributed by atoms with Crippen LogP contribution in [-0.4, -0.2) is 37.3 Å². The van der Waals surface area contributed by atoms with Gasteiger partial charge in [0.25, 0.3) is 5.91 Å². The van der Waals surface area contributed by atoms with Gasteiger partial charge in [0.05, 0.1) is 26.0 Å². The van der Waals surface area contributed by atoms with Gasteiger partial charge >= 0.3 is 5.97 Å². The Morgan fingerprint density at radius 2 is 1.71 bits per heavy atom. The van der Waals surface area contributed by atoms with Crippen molar-refractivity contribution >= 4 is 56.5 Å². The van der Waals surface area contributed by atoms with Crippen LogP contribution in [0.3, 0.4) is 0 Å². The average Bonchev–Trinajstić information content (AvgIpc) is 3.37. The summed E-state index contributed by atoms with van der Waals surface area (Å²) >= 11 is 9.95. The Morgan fingerprint density at radius 1 is 0.927 bits per heavy atom. The molecule has 0 saturated carbocycles. The minimum atomic E-state index is -0.567. The Hall–Kier alpha value is -4.60. The summed E-state index contributed by atoms with van der Waals surface area (Å²) in [6, 6.07) is 24.5. The van der Waals surface area contributed by atoms with E-state index in [0.717, 1.165) is 15.4 Å². The maximum atomic E-state index is 13.4. The molecule has 0 spiro atoms. The minimum absolute atomic E-state index is 0.258. The van der Waals surface area contributed by atoms with E-state index in [9.17, 15) is 9.59 Å². The number of carbonyl (C=O) groups is 2. The van der Waals surface area contributed by atoms with E-state index in [4.69, 9.17) is 25.8 Å². The number of carbonyl (C=O) groups excluding carboxylic acids is 2. The molecule has 8 nitrogen and oxygen atoms in total.